The molecule has 0 spiro atoms. The average Bonchev–Trinajstić information content (AvgIpc) is 2.94. The third-order valence-corrected chi connectivity index (χ3v) is 9.62. The summed E-state index contributed by atoms with van der Waals surface area (Å²) in [6.07, 6.45) is 35.5. The fourth-order valence-electron chi connectivity index (χ4n) is 8.02. The van der Waals surface area contributed by atoms with Gasteiger partial charge in [-0.3, -0.25) is 0 Å². The van der Waals surface area contributed by atoms with E-state index in [1.165, 1.54) is 83.5 Å². The van der Waals surface area contributed by atoms with E-state index in [0.29, 0.717) is 5.41 Å². The first-order valence-electron chi connectivity index (χ1n) is 13.7. The fourth-order valence-corrected chi connectivity index (χ4v) is 8.02. The van der Waals surface area contributed by atoms with E-state index in [2.05, 4.69) is 5.92 Å². The highest BCUT2D eigenvalue weighted by molar-refractivity contribution is 5.08. The molecule has 4 atom stereocenters. The second kappa shape index (κ2) is 10.9. The third-order valence-electron chi connectivity index (χ3n) is 9.62. The topological polar surface area (TPSA) is 0 Å². The van der Waals surface area contributed by atoms with Gasteiger partial charge in [0.05, 0.1) is 0 Å². The van der Waals surface area contributed by atoms with Crippen LogP contribution in [0.2, 0.25) is 0 Å². The summed E-state index contributed by atoms with van der Waals surface area (Å²) in [6.45, 7) is 0. The predicted octanol–water partition coefficient (Wildman–Crippen LogP) is 9.42. The molecule has 0 aliphatic heterocycles. The van der Waals surface area contributed by atoms with Gasteiger partial charge < -0.3 is 0 Å². The minimum absolute atomic E-state index is 0.713. The Balaban J connectivity index is 1.56. The molecule has 0 heteroatoms. The van der Waals surface area contributed by atoms with Crippen LogP contribution in [0.1, 0.15) is 148 Å². The summed E-state index contributed by atoms with van der Waals surface area (Å²) in [5, 5.41) is 0. The molecule has 0 heterocycles. The third kappa shape index (κ3) is 5.57. The van der Waals surface area contributed by atoms with E-state index in [4.69, 9.17) is 0 Å². The molecule has 28 heavy (non-hydrogen) atoms. The standard InChI is InChI=1S/C28H49/c1-3-8-14-25-15-11-17-26(23-25)27(18-9-5-1)28-20-10-6-2-4-7-13-24(19-22-28)16-12-21-28/h24-25,27H,1-23H2. The van der Waals surface area contributed by atoms with Gasteiger partial charge in [0.25, 0.3) is 0 Å². The summed E-state index contributed by atoms with van der Waals surface area (Å²) in [5.41, 5.74) is 0.713. The summed E-state index contributed by atoms with van der Waals surface area (Å²) >= 11 is 0. The largest absolute Gasteiger partial charge is 0.0533 e. The molecule has 4 saturated carbocycles. The maximum absolute atomic E-state index is 2.09. The van der Waals surface area contributed by atoms with Crippen molar-refractivity contribution in [2.45, 2.75) is 148 Å². The fraction of sp³-hybridized carbons (Fsp3) is 0.964. The van der Waals surface area contributed by atoms with Gasteiger partial charge in [-0.1, -0.05) is 103 Å². The SMILES string of the molecule is C1CCCC2CCC[C](C2)C(C23CCCCCCCC(CCC2)CC3)CCC1. The van der Waals surface area contributed by atoms with Crippen LogP contribution in [-0.2, 0) is 0 Å². The second-order valence-corrected chi connectivity index (χ2v) is 11.5. The predicted molar refractivity (Wildman–Crippen MR) is 122 cm³/mol. The lowest BCUT2D eigenvalue weighted by Gasteiger charge is -2.47. The molecule has 0 saturated heterocycles. The maximum atomic E-state index is 2.09. The molecular weight excluding hydrogens is 336 g/mol. The minimum Gasteiger partial charge on any atom is -0.0533 e. The molecule has 1 radical (unpaired) electrons. The van der Waals surface area contributed by atoms with Gasteiger partial charge in [-0.05, 0) is 74.0 Å². The van der Waals surface area contributed by atoms with Crippen LogP contribution in [0.3, 0.4) is 0 Å². The summed E-state index contributed by atoms with van der Waals surface area (Å²) in [4.78, 5) is 0. The van der Waals surface area contributed by atoms with E-state index in [9.17, 15) is 0 Å². The molecule has 4 unspecified atom stereocenters. The molecule has 4 aliphatic rings. The Labute approximate surface area is 177 Å². The lowest BCUT2D eigenvalue weighted by molar-refractivity contribution is 0.0926. The van der Waals surface area contributed by atoms with Crippen molar-refractivity contribution >= 4 is 0 Å². The Kier molecular flexibility index (Phi) is 8.24. The first-order chi connectivity index (χ1) is 13.9. The van der Waals surface area contributed by atoms with E-state index in [0.717, 1.165) is 17.8 Å². The van der Waals surface area contributed by atoms with Crippen molar-refractivity contribution in [1.29, 1.82) is 0 Å². The molecule has 0 amide bonds. The van der Waals surface area contributed by atoms with Gasteiger partial charge >= 0.3 is 0 Å². The second-order valence-electron chi connectivity index (χ2n) is 11.5. The molecule has 4 rings (SSSR count). The van der Waals surface area contributed by atoms with Gasteiger partial charge in [0.2, 0.25) is 0 Å². The van der Waals surface area contributed by atoms with Crippen LogP contribution in [0.4, 0.5) is 0 Å². The van der Waals surface area contributed by atoms with E-state index in [1.54, 1.807) is 64.2 Å². The zero-order valence-corrected chi connectivity index (χ0v) is 19.0. The summed E-state index contributed by atoms with van der Waals surface area (Å²) in [5.74, 6) is 5.23. The van der Waals surface area contributed by atoms with E-state index in [1.807, 2.05) is 0 Å². The van der Waals surface area contributed by atoms with Gasteiger partial charge in [-0.2, -0.15) is 0 Å². The molecule has 0 aromatic heterocycles. The molecule has 4 aliphatic carbocycles. The van der Waals surface area contributed by atoms with Crippen LogP contribution in [0.25, 0.3) is 0 Å². The van der Waals surface area contributed by atoms with Gasteiger partial charge in [-0.15, -0.1) is 0 Å². The van der Waals surface area contributed by atoms with E-state index >= 15 is 0 Å². The van der Waals surface area contributed by atoms with Crippen LogP contribution in [0.15, 0.2) is 0 Å². The van der Waals surface area contributed by atoms with E-state index in [-0.39, 0.29) is 0 Å². The van der Waals surface area contributed by atoms with Crippen molar-refractivity contribution in [3.05, 3.63) is 5.92 Å². The number of hydrogen-bond donors (Lipinski definition) is 0. The van der Waals surface area contributed by atoms with Crippen LogP contribution in [0, 0.1) is 29.1 Å². The van der Waals surface area contributed by atoms with Crippen molar-refractivity contribution in [2.24, 2.45) is 23.2 Å². The Bertz CT molecular complexity index is 439. The molecule has 4 fully saturated rings. The highest BCUT2D eigenvalue weighted by Gasteiger charge is 2.44. The van der Waals surface area contributed by atoms with Gasteiger partial charge in [0.15, 0.2) is 0 Å². The van der Waals surface area contributed by atoms with Gasteiger partial charge in [0, 0.05) is 0 Å². The van der Waals surface area contributed by atoms with Crippen molar-refractivity contribution in [1.82, 2.24) is 0 Å². The monoisotopic (exact) mass is 385 g/mol. The maximum Gasteiger partial charge on any atom is -0.0202 e. The highest BCUT2D eigenvalue weighted by atomic mass is 14.5. The first-order valence-corrected chi connectivity index (χ1v) is 13.7. The summed E-state index contributed by atoms with van der Waals surface area (Å²) in [6, 6.07) is 0. The Morgan fingerprint density at radius 2 is 1.07 bits per heavy atom. The molecule has 4 bridgehead atoms. The lowest BCUT2D eigenvalue weighted by Crippen LogP contribution is -2.37. The molecule has 161 valence electrons. The Morgan fingerprint density at radius 3 is 1.93 bits per heavy atom. The normalized spacial score (nSPS) is 40.1. The number of hydrogen-bond acceptors (Lipinski definition) is 0. The molecule has 0 nitrogen and oxygen atoms in total. The molecule has 0 aromatic rings. The minimum atomic E-state index is 0.713. The average molecular weight is 386 g/mol. The molecular formula is C28H49. The number of fused-ring (bicyclic) bond motifs is 5. The van der Waals surface area contributed by atoms with E-state index < -0.39 is 0 Å². The lowest BCUT2D eigenvalue weighted by atomic mass is 9.58. The Morgan fingerprint density at radius 1 is 0.464 bits per heavy atom. The van der Waals surface area contributed by atoms with Gasteiger partial charge in [-0.25, -0.2) is 0 Å². The molecule has 0 N–H and O–H groups in total. The van der Waals surface area contributed by atoms with Crippen molar-refractivity contribution in [2.75, 3.05) is 0 Å². The zero-order valence-electron chi connectivity index (χ0n) is 19.0. The quantitative estimate of drug-likeness (QED) is 0.421. The van der Waals surface area contributed by atoms with Crippen LogP contribution < -0.4 is 0 Å². The zero-order chi connectivity index (χ0) is 19.1. The first kappa shape index (κ1) is 21.2. The smallest absolute Gasteiger partial charge is 0.0202 e. The van der Waals surface area contributed by atoms with Crippen LogP contribution in [-0.4, -0.2) is 0 Å². The highest BCUT2D eigenvalue weighted by Crippen LogP contribution is 2.55. The summed E-state index contributed by atoms with van der Waals surface area (Å²) in [7, 11) is 0. The van der Waals surface area contributed by atoms with Crippen LogP contribution >= 0.6 is 0 Å². The summed E-state index contributed by atoms with van der Waals surface area (Å²) < 4.78 is 0. The van der Waals surface area contributed by atoms with Crippen molar-refractivity contribution in [3.63, 3.8) is 0 Å². The van der Waals surface area contributed by atoms with Crippen molar-refractivity contribution in [3.8, 4) is 0 Å². The Hall–Kier alpha value is 0. The van der Waals surface area contributed by atoms with Crippen LogP contribution in [0.5, 0.6) is 0 Å². The van der Waals surface area contributed by atoms with Crippen molar-refractivity contribution < 1.29 is 0 Å². The number of rotatable bonds is 1. The molecule has 0 aromatic carbocycles. The van der Waals surface area contributed by atoms with Gasteiger partial charge in [0.1, 0.15) is 0 Å².